The van der Waals surface area contributed by atoms with Crippen LogP contribution < -0.4 is 0 Å². The minimum absolute atomic E-state index is 0.0587. The van der Waals surface area contributed by atoms with Crippen molar-refractivity contribution in [1.29, 1.82) is 0 Å². The van der Waals surface area contributed by atoms with E-state index in [0.717, 1.165) is 42.0 Å². The Morgan fingerprint density at radius 1 is 1.47 bits per heavy atom. The number of rotatable bonds is 4. The van der Waals surface area contributed by atoms with Gasteiger partial charge in [-0.2, -0.15) is 0 Å². The molecule has 0 bridgehead atoms. The van der Waals surface area contributed by atoms with E-state index < -0.39 is 0 Å². The van der Waals surface area contributed by atoms with Crippen LogP contribution in [0.4, 0.5) is 0 Å². The van der Waals surface area contributed by atoms with Crippen molar-refractivity contribution in [2.45, 2.75) is 31.7 Å². The van der Waals surface area contributed by atoms with Crippen molar-refractivity contribution in [3.8, 4) is 0 Å². The normalized spacial score (nSPS) is 18.9. The van der Waals surface area contributed by atoms with Crippen LogP contribution in [0.3, 0.4) is 0 Å². The predicted molar refractivity (Wildman–Crippen MR) is 86.2 cm³/mol. The molecular weight excluding hydrogens is 393 g/mol. The van der Waals surface area contributed by atoms with E-state index in [4.69, 9.17) is 11.6 Å². The minimum atomic E-state index is 0.0587. The highest BCUT2D eigenvalue weighted by Crippen LogP contribution is 2.30. The molecule has 1 aliphatic heterocycles. The van der Waals surface area contributed by atoms with Crippen molar-refractivity contribution >= 4 is 49.4 Å². The fourth-order valence-electron chi connectivity index (χ4n) is 2.54. The Kier molecular flexibility index (Phi) is 5.72. The van der Waals surface area contributed by atoms with E-state index in [1.54, 1.807) is 6.07 Å². The molecule has 2 rings (SSSR count). The Balaban J connectivity index is 2.16. The Labute approximate surface area is 135 Å². The SMILES string of the molecule is O=C(c1cccc(Br)c1Cl)N1CCCC1CCCBr. The van der Waals surface area contributed by atoms with E-state index in [1.807, 2.05) is 17.0 Å². The van der Waals surface area contributed by atoms with Crippen LogP contribution in [0.5, 0.6) is 0 Å². The van der Waals surface area contributed by atoms with Gasteiger partial charge in [-0.1, -0.05) is 33.6 Å². The molecule has 1 amide bonds. The molecule has 0 aliphatic carbocycles. The van der Waals surface area contributed by atoms with Crippen LogP contribution in [0.2, 0.25) is 5.02 Å². The smallest absolute Gasteiger partial charge is 0.255 e. The van der Waals surface area contributed by atoms with Gasteiger partial charge in [-0.25, -0.2) is 0 Å². The number of alkyl halides is 1. The molecule has 1 saturated heterocycles. The van der Waals surface area contributed by atoms with Crippen molar-refractivity contribution in [2.75, 3.05) is 11.9 Å². The Hall–Kier alpha value is -0.0600. The molecule has 1 heterocycles. The first kappa shape index (κ1) is 15.3. The van der Waals surface area contributed by atoms with E-state index in [9.17, 15) is 4.79 Å². The van der Waals surface area contributed by atoms with Crippen LogP contribution in [0.15, 0.2) is 22.7 Å². The summed E-state index contributed by atoms with van der Waals surface area (Å²) in [6.45, 7) is 0.842. The van der Waals surface area contributed by atoms with E-state index in [1.165, 1.54) is 0 Å². The van der Waals surface area contributed by atoms with E-state index >= 15 is 0 Å². The summed E-state index contributed by atoms with van der Waals surface area (Å²) in [5.74, 6) is 0.0587. The first-order valence-electron chi connectivity index (χ1n) is 6.46. The second kappa shape index (κ2) is 7.09. The highest BCUT2D eigenvalue weighted by molar-refractivity contribution is 9.10. The summed E-state index contributed by atoms with van der Waals surface area (Å²) in [7, 11) is 0. The topological polar surface area (TPSA) is 20.3 Å². The first-order chi connectivity index (χ1) is 9.15. The van der Waals surface area contributed by atoms with E-state index in [-0.39, 0.29) is 5.91 Å². The fourth-order valence-corrected chi connectivity index (χ4v) is 3.44. The number of amides is 1. The second-order valence-corrected chi connectivity index (χ2v) is 6.75. The van der Waals surface area contributed by atoms with Gasteiger partial charge in [0.2, 0.25) is 0 Å². The van der Waals surface area contributed by atoms with Gasteiger partial charge in [0, 0.05) is 22.4 Å². The van der Waals surface area contributed by atoms with Gasteiger partial charge in [-0.05, 0) is 53.7 Å². The van der Waals surface area contributed by atoms with Gasteiger partial charge in [0.15, 0.2) is 0 Å². The van der Waals surface area contributed by atoms with Crippen molar-refractivity contribution in [1.82, 2.24) is 4.90 Å². The molecule has 1 aromatic carbocycles. The van der Waals surface area contributed by atoms with Crippen LogP contribution in [0.25, 0.3) is 0 Å². The number of benzene rings is 1. The molecule has 1 aromatic rings. The Bertz CT molecular complexity index is 467. The maximum Gasteiger partial charge on any atom is 0.255 e. The standard InChI is InChI=1S/C14H16Br2ClNO/c15-8-2-4-10-5-3-9-18(10)14(19)11-6-1-7-12(16)13(11)17/h1,6-7,10H,2-5,8-9H2. The van der Waals surface area contributed by atoms with Gasteiger partial charge < -0.3 is 4.90 Å². The number of carbonyl (C=O) groups excluding carboxylic acids is 1. The molecule has 19 heavy (non-hydrogen) atoms. The molecule has 0 N–H and O–H groups in total. The molecule has 0 aromatic heterocycles. The lowest BCUT2D eigenvalue weighted by atomic mass is 10.1. The van der Waals surface area contributed by atoms with Crippen molar-refractivity contribution in [3.05, 3.63) is 33.3 Å². The minimum Gasteiger partial charge on any atom is -0.336 e. The highest BCUT2D eigenvalue weighted by Gasteiger charge is 2.30. The third kappa shape index (κ3) is 3.53. The summed E-state index contributed by atoms with van der Waals surface area (Å²) < 4.78 is 0.774. The lowest BCUT2D eigenvalue weighted by Crippen LogP contribution is -2.35. The van der Waals surface area contributed by atoms with Crippen LogP contribution in [-0.2, 0) is 0 Å². The number of hydrogen-bond donors (Lipinski definition) is 0. The second-order valence-electron chi connectivity index (χ2n) is 4.73. The molecule has 0 saturated carbocycles. The number of carbonyl (C=O) groups is 1. The fraction of sp³-hybridized carbons (Fsp3) is 0.500. The zero-order valence-electron chi connectivity index (χ0n) is 10.5. The quantitative estimate of drug-likeness (QED) is 0.649. The lowest BCUT2D eigenvalue weighted by Gasteiger charge is -2.25. The molecular formula is C14H16Br2ClNO. The van der Waals surface area contributed by atoms with Gasteiger partial charge in [0.1, 0.15) is 0 Å². The van der Waals surface area contributed by atoms with Crippen LogP contribution in [-0.4, -0.2) is 28.7 Å². The van der Waals surface area contributed by atoms with Crippen LogP contribution >= 0.6 is 43.5 Å². The van der Waals surface area contributed by atoms with Gasteiger partial charge in [0.05, 0.1) is 10.6 Å². The first-order valence-corrected chi connectivity index (χ1v) is 8.75. The zero-order valence-corrected chi connectivity index (χ0v) is 14.5. The average Bonchev–Trinajstić information content (AvgIpc) is 2.87. The monoisotopic (exact) mass is 407 g/mol. The zero-order chi connectivity index (χ0) is 13.8. The summed E-state index contributed by atoms with van der Waals surface area (Å²) in [4.78, 5) is 14.6. The van der Waals surface area contributed by atoms with Gasteiger partial charge >= 0.3 is 0 Å². The highest BCUT2D eigenvalue weighted by atomic mass is 79.9. The van der Waals surface area contributed by atoms with E-state index in [2.05, 4.69) is 31.9 Å². The summed E-state index contributed by atoms with van der Waals surface area (Å²) in [5, 5.41) is 1.50. The average molecular weight is 410 g/mol. The largest absolute Gasteiger partial charge is 0.336 e. The van der Waals surface area contributed by atoms with Crippen LogP contribution in [0, 0.1) is 0 Å². The number of nitrogens with zero attached hydrogens (tertiary/aromatic N) is 1. The Morgan fingerprint density at radius 3 is 3.00 bits per heavy atom. The van der Waals surface area contributed by atoms with Gasteiger partial charge in [0.25, 0.3) is 5.91 Å². The van der Waals surface area contributed by atoms with Crippen molar-refractivity contribution in [3.63, 3.8) is 0 Å². The lowest BCUT2D eigenvalue weighted by molar-refractivity contribution is 0.0730. The van der Waals surface area contributed by atoms with Gasteiger partial charge in [-0.3, -0.25) is 4.79 Å². The summed E-state index contributed by atoms with van der Waals surface area (Å²) in [6.07, 6.45) is 4.35. The molecule has 2 nitrogen and oxygen atoms in total. The maximum atomic E-state index is 12.6. The summed E-state index contributed by atoms with van der Waals surface area (Å²) >= 11 is 13.0. The summed E-state index contributed by atoms with van der Waals surface area (Å²) in [6, 6.07) is 5.87. The molecule has 1 unspecified atom stereocenters. The third-order valence-electron chi connectivity index (χ3n) is 3.49. The Morgan fingerprint density at radius 2 is 2.26 bits per heavy atom. The molecule has 0 spiro atoms. The third-order valence-corrected chi connectivity index (χ3v) is 5.35. The molecule has 5 heteroatoms. The predicted octanol–water partition coefficient (Wildman–Crippen LogP) is 4.88. The van der Waals surface area contributed by atoms with Crippen molar-refractivity contribution in [2.24, 2.45) is 0 Å². The maximum absolute atomic E-state index is 12.6. The summed E-state index contributed by atoms with van der Waals surface area (Å²) in [5.41, 5.74) is 0.599. The molecule has 104 valence electrons. The number of halogens is 3. The molecule has 1 aliphatic rings. The number of likely N-dealkylation sites (tertiary alicyclic amines) is 1. The van der Waals surface area contributed by atoms with Gasteiger partial charge in [-0.15, -0.1) is 0 Å². The van der Waals surface area contributed by atoms with E-state index in [0.29, 0.717) is 16.6 Å². The molecule has 0 radical (unpaired) electrons. The molecule has 1 atom stereocenters. The van der Waals surface area contributed by atoms with Crippen LogP contribution in [0.1, 0.15) is 36.0 Å². The molecule has 1 fully saturated rings. The number of hydrogen-bond acceptors (Lipinski definition) is 1. The van der Waals surface area contributed by atoms with Crippen molar-refractivity contribution < 1.29 is 4.79 Å².